The van der Waals surface area contributed by atoms with Crippen molar-refractivity contribution < 1.29 is 0 Å². The van der Waals surface area contributed by atoms with E-state index in [1.165, 1.54) is 11.1 Å². The molecule has 0 aliphatic carbocycles. The standard InChI is InChI=1S/C16H21N3O/c1-4-17-15(14-8-6-5-7-12(14)2)10-19-11-18-13(3)9-16(19)20/h5-9,11,15,17H,4,10H2,1-3H3. The Labute approximate surface area is 119 Å². The van der Waals surface area contributed by atoms with Crippen LogP contribution in [0.2, 0.25) is 0 Å². The summed E-state index contributed by atoms with van der Waals surface area (Å²) in [5.41, 5.74) is 3.20. The van der Waals surface area contributed by atoms with Gasteiger partial charge in [0.2, 0.25) is 0 Å². The summed E-state index contributed by atoms with van der Waals surface area (Å²) in [7, 11) is 0. The predicted molar refractivity (Wildman–Crippen MR) is 80.8 cm³/mol. The molecule has 0 spiro atoms. The van der Waals surface area contributed by atoms with Gasteiger partial charge in [-0.3, -0.25) is 9.36 Å². The maximum atomic E-state index is 12.0. The van der Waals surface area contributed by atoms with Crippen molar-refractivity contribution in [3.05, 3.63) is 63.8 Å². The first-order valence-corrected chi connectivity index (χ1v) is 6.93. The van der Waals surface area contributed by atoms with Gasteiger partial charge in [0.05, 0.1) is 12.4 Å². The molecule has 0 fully saturated rings. The van der Waals surface area contributed by atoms with E-state index >= 15 is 0 Å². The molecule has 1 aromatic carbocycles. The predicted octanol–water partition coefficient (Wildman–Crippen LogP) is 2.21. The highest BCUT2D eigenvalue weighted by Crippen LogP contribution is 2.18. The second kappa shape index (κ2) is 6.48. The normalized spacial score (nSPS) is 12.3. The van der Waals surface area contributed by atoms with Crippen LogP contribution in [0.5, 0.6) is 0 Å². The molecule has 0 saturated carbocycles. The van der Waals surface area contributed by atoms with Crippen molar-refractivity contribution in [2.45, 2.75) is 33.4 Å². The number of aryl methyl sites for hydroxylation is 2. The summed E-state index contributed by atoms with van der Waals surface area (Å²) in [6.07, 6.45) is 1.63. The van der Waals surface area contributed by atoms with Crippen molar-refractivity contribution in [3.63, 3.8) is 0 Å². The van der Waals surface area contributed by atoms with E-state index in [2.05, 4.69) is 36.3 Å². The highest BCUT2D eigenvalue weighted by Gasteiger charge is 2.13. The number of benzene rings is 1. The Kier molecular flexibility index (Phi) is 4.69. The van der Waals surface area contributed by atoms with E-state index in [1.807, 2.05) is 19.1 Å². The molecule has 0 aliphatic heterocycles. The van der Waals surface area contributed by atoms with E-state index in [4.69, 9.17) is 0 Å². The van der Waals surface area contributed by atoms with Gasteiger partial charge in [0.25, 0.3) is 5.56 Å². The number of nitrogens with zero attached hydrogens (tertiary/aromatic N) is 2. The fourth-order valence-electron chi connectivity index (χ4n) is 2.35. The second-order valence-corrected chi connectivity index (χ2v) is 4.99. The van der Waals surface area contributed by atoms with Crippen LogP contribution in [0.25, 0.3) is 0 Å². The van der Waals surface area contributed by atoms with Crippen LogP contribution >= 0.6 is 0 Å². The van der Waals surface area contributed by atoms with Crippen molar-refractivity contribution in [2.24, 2.45) is 0 Å². The Morgan fingerprint density at radius 1 is 1.30 bits per heavy atom. The van der Waals surface area contributed by atoms with Gasteiger partial charge in [-0.2, -0.15) is 0 Å². The molecule has 0 aliphatic rings. The number of aromatic nitrogens is 2. The largest absolute Gasteiger partial charge is 0.309 e. The third-order valence-corrected chi connectivity index (χ3v) is 3.41. The van der Waals surface area contributed by atoms with Crippen LogP contribution in [0.3, 0.4) is 0 Å². The molecule has 20 heavy (non-hydrogen) atoms. The lowest BCUT2D eigenvalue weighted by Gasteiger charge is -2.21. The van der Waals surface area contributed by atoms with Crippen molar-refractivity contribution in [3.8, 4) is 0 Å². The average molecular weight is 271 g/mol. The van der Waals surface area contributed by atoms with Gasteiger partial charge in [-0.1, -0.05) is 31.2 Å². The van der Waals surface area contributed by atoms with Crippen molar-refractivity contribution in [1.82, 2.24) is 14.9 Å². The van der Waals surface area contributed by atoms with E-state index in [9.17, 15) is 4.79 Å². The monoisotopic (exact) mass is 271 g/mol. The number of likely N-dealkylation sites (N-methyl/N-ethyl adjacent to an activating group) is 1. The summed E-state index contributed by atoms with van der Waals surface area (Å²) in [5, 5.41) is 3.44. The number of rotatable bonds is 5. The maximum Gasteiger partial charge on any atom is 0.253 e. The molecule has 0 amide bonds. The molecule has 1 unspecified atom stereocenters. The van der Waals surface area contributed by atoms with Crippen molar-refractivity contribution >= 4 is 0 Å². The molecule has 0 saturated heterocycles. The average Bonchev–Trinajstić information content (AvgIpc) is 2.42. The molecular formula is C16H21N3O. The van der Waals surface area contributed by atoms with Crippen LogP contribution in [-0.4, -0.2) is 16.1 Å². The lowest BCUT2D eigenvalue weighted by atomic mass is 10.0. The molecule has 1 heterocycles. The van der Waals surface area contributed by atoms with Gasteiger partial charge in [-0.15, -0.1) is 0 Å². The quantitative estimate of drug-likeness (QED) is 0.907. The first-order chi connectivity index (χ1) is 9.61. The molecule has 4 heteroatoms. The Morgan fingerprint density at radius 2 is 2.05 bits per heavy atom. The molecule has 4 nitrogen and oxygen atoms in total. The third-order valence-electron chi connectivity index (χ3n) is 3.41. The van der Waals surface area contributed by atoms with Crippen molar-refractivity contribution in [2.75, 3.05) is 6.54 Å². The van der Waals surface area contributed by atoms with Crippen LogP contribution < -0.4 is 10.9 Å². The van der Waals surface area contributed by atoms with E-state index < -0.39 is 0 Å². The Balaban J connectivity index is 2.30. The van der Waals surface area contributed by atoms with Crippen LogP contribution in [0.15, 0.2) is 41.5 Å². The molecule has 2 aromatic rings. The second-order valence-electron chi connectivity index (χ2n) is 4.99. The van der Waals surface area contributed by atoms with E-state index in [-0.39, 0.29) is 11.6 Å². The fraction of sp³-hybridized carbons (Fsp3) is 0.375. The molecule has 106 valence electrons. The van der Waals surface area contributed by atoms with E-state index in [0.29, 0.717) is 6.54 Å². The molecular weight excluding hydrogens is 250 g/mol. The molecule has 0 bridgehead atoms. The number of nitrogens with one attached hydrogen (secondary N) is 1. The highest BCUT2D eigenvalue weighted by molar-refractivity contribution is 5.28. The summed E-state index contributed by atoms with van der Waals surface area (Å²) in [6.45, 7) is 7.43. The highest BCUT2D eigenvalue weighted by atomic mass is 16.1. The number of hydrogen-bond donors (Lipinski definition) is 1. The zero-order valence-electron chi connectivity index (χ0n) is 12.3. The van der Waals surface area contributed by atoms with Gasteiger partial charge in [0, 0.05) is 18.3 Å². The van der Waals surface area contributed by atoms with Crippen LogP contribution in [0, 0.1) is 13.8 Å². The summed E-state index contributed by atoms with van der Waals surface area (Å²) in [5.74, 6) is 0. The van der Waals surface area contributed by atoms with Crippen LogP contribution in [0.1, 0.15) is 29.8 Å². The Hall–Kier alpha value is -1.94. The minimum Gasteiger partial charge on any atom is -0.309 e. The van der Waals surface area contributed by atoms with Crippen LogP contribution in [0.4, 0.5) is 0 Å². The minimum atomic E-state index is -0.00557. The molecule has 1 N–H and O–H groups in total. The zero-order valence-corrected chi connectivity index (χ0v) is 12.3. The summed E-state index contributed by atoms with van der Waals surface area (Å²) in [6, 6.07) is 9.94. The van der Waals surface area contributed by atoms with Gasteiger partial charge in [0.15, 0.2) is 0 Å². The lowest BCUT2D eigenvalue weighted by molar-refractivity contribution is 0.461. The summed E-state index contributed by atoms with van der Waals surface area (Å²) in [4.78, 5) is 16.2. The first-order valence-electron chi connectivity index (χ1n) is 6.93. The molecule has 2 rings (SSSR count). The first kappa shape index (κ1) is 14.5. The Bertz CT molecular complexity index is 634. The fourth-order valence-corrected chi connectivity index (χ4v) is 2.35. The van der Waals surface area contributed by atoms with Gasteiger partial charge in [-0.25, -0.2) is 4.98 Å². The summed E-state index contributed by atoms with van der Waals surface area (Å²) < 4.78 is 1.66. The van der Waals surface area contributed by atoms with E-state index in [0.717, 1.165) is 12.2 Å². The van der Waals surface area contributed by atoms with Gasteiger partial charge >= 0.3 is 0 Å². The smallest absolute Gasteiger partial charge is 0.253 e. The molecule has 0 radical (unpaired) electrons. The van der Waals surface area contributed by atoms with Gasteiger partial charge in [-0.05, 0) is 31.5 Å². The number of hydrogen-bond acceptors (Lipinski definition) is 3. The van der Waals surface area contributed by atoms with Crippen LogP contribution in [-0.2, 0) is 6.54 Å². The minimum absolute atomic E-state index is 0.00557. The summed E-state index contributed by atoms with van der Waals surface area (Å²) >= 11 is 0. The van der Waals surface area contributed by atoms with E-state index in [1.54, 1.807) is 17.0 Å². The van der Waals surface area contributed by atoms with Gasteiger partial charge in [0.1, 0.15) is 0 Å². The zero-order chi connectivity index (χ0) is 14.5. The lowest BCUT2D eigenvalue weighted by Crippen LogP contribution is -2.31. The van der Waals surface area contributed by atoms with Gasteiger partial charge < -0.3 is 5.32 Å². The molecule has 1 aromatic heterocycles. The molecule has 1 atom stereocenters. The topological polar surface area (TPSA) is 46.9 Å². The van der Waals surface area contributed by atoms with Crippen molar-refractivity contribution in [1.29, 1.82) is 0 Å². The maximum absolute atomic E-state index is 12.0. The SMILES string of the molecule is CCNC(Cn1cnc(C)cc1=O)c1ccccc1C. The third kappa shape index (κ3) is 3.33. The Morgan fingerprint density at radius 3 is 2.70 bits per heavy atom.